The Hall–Kier alpha value is -2.67. The first kappa shape index (κ1) is 19.6. The molecule has 2 heterocycles. The quantitative estimate of drug-likeness (QED) is 0.566. The molecule has 0 aliphatic carbocycles. The van der Waals surface area contributed by atoms with Gasteiger partial charge in [0.2, 0.25) is 0 Å². The van der Waals surface area contributed by atoms with Crippen LogP contribution in [0.4, 0.5) is 19.0 Å². The SMILES string of the molecule is COc1ccccc1-c1nn(-c2ccc(Cl)cc2C(F)(F)F)c2c1CCCCN2. The molecule has 1 aliphatic rings. The molecule has 0 unspecified atom stereocenters. The lowest BCUT2D eigenvalue weighted by Gasteiger charge is -2.16. The van der Waals surface area contributed by atoms with E-state index in [4.69, 9.17) is 16.3 Å². The molecule has 8 heteroatoms. The van der Waals surface area contributed by atoms with Gasteiger partial charge in [-0.1, -0.05) is 23.7 Å². The molecule has 0 amide bonds. The summed E-state index contributed by atoms with van der Waals surface area (Å²) in [5.41, 5.74) is 1.36. The van der Waals surface area contributed by atoms with Gasteiger partial charge in [-0.15, -0.1) is 0 Å². The molecular weight excluding hydrogens is 403 g/mol. The van der Waals surface area contributed by atoms with E-state index in [2.05, 4.69) is 10.4 Å². The summed E-state index contributed by atoms with van der Waals surface area (Å²) >= 11 is 5.86. The number of nitrogens with one attached hydrogen (secondary N) is 1. The van der Waals surface area contributed by atoms with Crippen LogP contribution in [0.2, 0.25) is 5.02 Å². The van der Waals surface area contributed by atoms with E-state index in [9.17, 15) is 13.2 Å². The fraction of sp³-hybridized carbons (Fsp3) is 0.286. The fourth-order valence-electron chi connectivity index (χ4n) is 3.65. The van der Waals surface area contributed by atoms with E-state index < -0.39 is 11.7 Å². The summed E-state index contributed by atoms with van der Waals surface area (Å²) in [6.45, 7) is 0.666. The van der Waals surface area contributed by atoms with Gasteiger partial charge in [0.05, 0.1) is 18.4 Å². The third-order valence-electron chi connectivity index (χ3n) is 4.98. The minimum absolute atomic E-state index is 0.0252. The van der Waals surface area contributed by atoms with E-state index in [1.54, 1.807) is 7.11 Å². The van der Waals surface area contributed by atoms with Gasteiger partial charge in [-0.05, 0) is 49.6 Å². The van der Waals surface area contributed by atoms with Gasteiger partial charge in [-0.25, -0.2) is 4.68 Å². The maximum absolute atomic E-state index is 13.7. The number of fused-ring (bicyclic) bond motifs is 1. The first-order valence-corrected chi connectivity index (χ1v) is 9.64. The molecule has 1 aromatic heterocycles. The van der Waals surface area contributed by atoms with Crippen molar-refractivity contribution in [3.63, 3.8) is 0 Å². The van der Waals surface area contributed by atoms with Gasteiger partial charge < -0.3 is 10.1 Å². The number of nitrogens with zero attached hydrogens (tertiary/aromatic N) is 2. The lowest BCUT2D eigenvalue weighted by molar-refractivity contribution is -0.137. The number of ether oxygens (including phenoxy) is 1. The highest BCUT2D eigenvalue weighted by atomic mass is 35.5. The van der Waals surface area contributed by atoms with Gasteiger partial charge >= 0.3 is 6.18 Å². The molecule has 4 rings (SSSR count). The molecule has 152 valence electrons. The average Bonchev–Trinajstić information content (AvgIpc) is 2.88. The number of benzene rings is 2. The number of para-hydroxylation sites is 1. The highest BCUT2D eigenvalue weighted by molar-refractivity contribution is 6.30. The molecule has 0 saturated carbocycles. The first-order valence-electron chi connectivity index (χ1n) is 9.26. The Morgan fingerprint density at radius 1 is 1.14 bits per heavy atom. The van der Waals surface area contributed by atoms with E-state index in [0.717, 1.165) is 30.0 Å². The molecule has 0 atom stereocenters. The molecule has 0 spiro atoms. The Morgan fingerprint density at radius 3 is 2.69 bits per heavy atom. The monoisotopic (exact) mass is 421 g/mol. The Balaban J connectivity index is 1.99. The molecule has 0 radical (unpaired) electrons. The summed E-state index contributed by atoms with van der Waals surface area (Å²) in [7, 11) is 1.56. The Bertz CT molecular complexity index is 1050. The van der Waals surface area contributed by atoms with Crippen LogP contribution in [0.15, 0.2) is 42.5 Å². The number of alkyl halides is 3. The van der Waals surface area contributed by atoms with Gasteiger partial charge in [-0.2, -0.15) is 18.3 Å². The van der Waals surface area contributed by atoms with Gasteiger partial charge in [-0.3, -0.25) is 0 Å². The number of hydrogen-bond acceptors (Lipinski definition) is 3. The fourth-order valence-corrected chi connectivity index (χ4v) is 3.83. The van der Waals surface area contributed by atoms with Crippen LogP contribution in [-0.4, -0.2) is 23.4 Å². The highest BCUT2D eigenvalue weighted by Gasteiger charge is 2.36. The standard InChI is InChI=1S/C21H19ClF3N3O/c1-29-18-8-3-2-6-14(18)19-15-7-4-5-11-26-20(15)28(27-19)17-10-9-13(22)12-16(17)21(23,24)25/h2-3,6,8-10,12,26H,4-5,7,11H2,1H3. The first-order chi connectivity index (χ1) is 13.9. The summed E-state index contributed by atoms with van der Waals surface area (Å²) in [5, 5.41) is 7.92. The van der Waals surface area contributed by atoms with Crippen molar-refractivity contribution in [2.75, 3.05) is 19.0 Å². The lowest BCUT2D eigenvalue weighted by Crippen LogP contribution is -2.14. The second-order valence-electron chi connectivity index (χ2n) is 6.83. The van der Waals surface area contributed by atoms with E-state index in [1.165, 1.54) is 16.8 Å². The van der Waals surface area contributed by atoms with Crippen LogP contribution in [0.3, 0.4) is 0 Å². The van der Waals surface area contributed by atoms with E-state index in [0.29, 0.717) is 30.2 Å². The van der Waals surface area contributed by atoms with Crippen molar-refractivity contribution in [2.24, 2.45) is 0 Å². The van der Waals surface area contributed by atoms with Crippen LogP contribution in [0, 0.1) is 0 Å². The summed E-state index contributed by atoms with van der Waals surface area (Å²) in [4.78, 5) is 0. The molecule has 29 heavy (non-hydrogen) atoms. The van der Waals surface area contributed by atoms with Crippen molar-refractivity contribution < 1.29 is 17.9 Å². The minimum Gasteiger partial charge on any atom is -0.496 e. The van der Waals surface area contributed by atoms with Crippen molar-refractivity contribution >= 4 is 17.4 Å². The van der Waals surface area contributed by atoms with Crippen molar-refractivity contribution in [1.29, 1.82) is 0 Å². The van der Waals surface area contributed by atoms with Crippen LogP contribution in [0.1, 0.15) is 24.0 Å². The van der Waals surface area contributed by atoms with Crippen molar-refractivity contribution in [3.05, 3.63) is 58.6 Å². The van der Waals surface area contributed by atoms with E-state index in [-0.39, 0.29) is 10.7 Å². The second-order valence-corrected chi connectivity index (χ2v) is 7.27. The zero-order valence-corrected chi connectivity index (χ0v) is 16.4. The van der Waals surface area contributed by atoms with Crippen molar-refractivity contribution in [3.8, 4) is 22.7 Å². The smallest absolute Gasteiger partial charge is 0.418 e. The van der Waals surface area contributed by atoms with Gasteiger partial charge in [0, 0.05) is 22.7 Å². The zero-order chi connectivity index (χ0) is 20.6. The zero-order valence-electron chi connectivity index (χ0n) is 15.7. The van der Waals surface area contributed by atoms with E-state index >= 15 is 0 Å². The predicted molar refractivity (Wildman–Crippen MR) is 107 cm³/mol. The van der Waals surface area contributed by atoms with Gasteiger partial charge in [0.15, 0.2) is 0 Å². The molecular formula is C21H19ClF3N3O. The number of halogens is 4. The average molecular weight is 422 g/mol. The van der Waals surface area contributed by atoms with Crippen LogP contribution < -0.4 is 10.1 Å². The van der Waals surface area contributed by atoms with Crippen LogP contribution >= 0.6 is 11.6 Å². The summed E-state index contributed by atoms with van der Waals surface area (Å²) in [6.07, 6.45) is -2.01. The lowest BCUT2D eigenvalue weighted by atomic mass is 10.0. The van der Waals surface area contributed by atoms with Crippen LogP contribution in [0.25, 0.3) is 16.9 Å². The molecule has 0 fully saturated rings. The predicted octanol–water partition coefficient (Wildman–Crippen LogP) is 5.97. The normalized spacial score (nSPS) is 14.1. The third kappa shape index (κ3) is 3.67. The number of hydrogen-bond donors (Lipinski definition) is 1. The Labute approximate surface area is 171 Å². The summed E-state index contributed by atoms with van der Waals surface area (Å²) in [5.74, 6) is 1.20. The van der Waals surface area contributed by atoms with Crippen LogP contribution in [-0.2, 0) is 12.6 Å². The minimum atomic E-state index is -4.56. The van der Waals surface area contributed by atoms with Crippen molar-refractivity contribution in [2.45, 2.75) is 25.4 Å². The second kappa shape index (κ2) is 7.63. The molecule has 4 nitrogen and oxygen atoms in total. The maximum Gasteiger partial charge on any atom is 0.418 e. The summed E-state index contributed by atoms with van der Waals surface area (Å²) < 4.78 is 48.0. The van der Waals surface area contributed by atoms with Gasteiger partial charge in [0.25, 0.3) is 0 Å². The topological polar surface area (TPSA) is 39.1 Å². The molecule has 2 aromatic carbocycles. The van der Waals surface area contributed by atoms with Gasteiger partial charge in [0.1, 0.15) is 17.3 Å². The number of methoxy groups -OCH3 is 1. The molecule has 0 bridgehead atoms. The Kier molecular flexibility index (Phi) is 5.17. The van der Waals surface area contributed by atoms with Crippen LogP contribution in [0.5, 0.6) is 5.75 Å². The highest BCUT2D eigenvalue weighted by Crippen LogP contribution is 2.41. The Morgan fingerprint density at radius 2 is 1.93 bits per heavy atom. The van der Waals surface area contributed by atoms with Crippen molar-refractivity contribution in [1.82, 2.24) is 9.78 Å². The number of aromatic nitrogens is 2. The maximum atomic E-state index is 13.7. The molecule has 1 aliphatic heterocycles. The number of anilines is 1. The molecule has 0 saturated heterocycles. The largest absolute Gasteiger partial charge is 0.496 e. The molecule has 1 N–H and O–H groups in total. The van der Waals surface area contributed by atoms with E-state index in [1.807, 2.05) is 24.3 Å². The number of rotatable bonds is 3. The molecule has 3 aromatic rings. The summed E-state index contributed by atoms with van der Waals surface area (Å²) in [6, 6.07) is 11.1. The third-order valence-corrected chi connectivity index (χ3v) is 5.22.